The number of Topliss-reactive ketones (excluding diaryl/α,β-unsaturated/α-hetero) is 1. The Morgan fingerprint density at radius 3 is 2.02 bits per heavy atom. The molecule has 7 aliphatic rings. The predicted molar refractivity (Wildman–Crippen MR) is 247 cm³/mol. The van der Waals surface area contributed by atoms with Gasteiger partial charge in [-0.05, 0) is 168 Å². The molecule has 0 aromatic rings. The van der Waals surface area contributed by atoms with Gasteiger partial charge in [-0.1, -0.05) is 60.6 Å². The number of rotatable bonds is 13. The minimum absolute atomic E-state index is 0.0380. The Bertz CT molecular complexity index is 1710. The van der Waals surface area contributed by atoms with Gasteiger partial charge in [0.1, 0.15) is 11.9 Å². The molecule has 63 heavy (non-hydrogen) atoms. The van der Waals surface area contributed by atoms with Crippen molar-refractivity contribution in [1.29, 1.82) is 0 Å². The molecule has 1 saturated heterocycles. The number of carbonyl (C=O) groups is 4. The van der Waals surface area contributed by atoms with Gasteiger partial charge in [-0.15, -0.1) is 0 Å². The fourth-order valence-corrected chi connectivity index (χ4v) is 16.3. The van der Waals surface area contributed by atoms with Gasteiger partial charge < -0.3 is 30.3 Å². The first-order valence-corrected chi connectivity index (χ1v) is 25.2. The van der Waals surface area contributed by atoms with Crippen LogP contribution in [0.3, 0.4) is 0 Å². The van der Waals surface area contributed by atoms with Crippen LogP contribution in [0.2, 0.25) is 0 Å². The van der Waals surface area contributed by atoms with E-state index in [9.17, 15) is 19.5 Å². The summed E-state index contributed by atoms with van der Waals surface area (Å²) in [5.41, 5.74) is -0.170. The summed E-state index contributed by atoms with van der Waals surface area (Å²) in [6.07, 6.45) is 15.1. The molecule has 6 aliphatic carbocycles. The number of carboxylic acid groups (broad SMARTS) is 1. The summed E-state index contributed by atoms with van der Waals surface area (Å²) in [6.45, 7) is 30.1. The minimum Gasteiger partial charge on any atom is -0.481 e. The first-order chi connectivity index (χ1) is 29.4. The molecule has 0 bridgehead atoms. The van der Waals surface area contributed by atoms with Crippen LogP contribution in [0.4, 0.5) is 0 Å². The van der Waals surface area contributed by atoms with Gasteiger partial charge in [0.05, 0.1) is 25.0 Å². The first-order valence-electron chi connectivity index (χ1n) is 25.2. The highest BCUT2D eigenvalue weighted by Crippen LogP contribution is 2.78. The number of nitrogens with one attached hydrogen (secondary N) is 1. The second kappa shape index (κ2) is 18.4. The van der Waals surface area contributed by atoms with Crippen molar-refractivity contribution in [3.05, 3.63) is 12.2 Å². The van der Waals surface area contributed by atoms with Crippen molar-refractivity contribution in [1.82, 2.24) is 10.2 Å². The summed E-state index contributed by atoms with van der Waals surface area (Å²) in [4.78, 5) is 55.8. The van der Waals surface area contributed by atoms with Crippen LogP contribution in [0.25, 0.3) is 0 Å². The van der Waals surface area contributed by atoms with Crippen LogP contribution in [0.5, 0.6) is 0 Å². The molecular formula is C53H88N2O8. The molecule has 358 valence electrons. The molecule has 4 N–H and O–H groups in total. The molecule has 0 radical (unpaired) electrons. The number of ketones is 1. The van der Waals surface area contributed by atoms with E-state index in [1.807, 2.05) is 0 Å². The van der Waals surface area contributed by atoms with Crippen LogP contribution in [0.1, 0.15) is 172 Å². The lowest BCUT2D eigenvalue weighted by Gasteiger charge is -2.73. The van der Waals surface area contributed by atoms with Crippen LogP contribution in [0, 0.1) is 79.3 Å². The Morgan fingerprint density at radius 1 is 0.778 bits per heavy atom. The van der Waals surface area contributed by atoms with Crippen molar-refractivity contribution in [2.75, 3.05) is 39.4 Å². The number of likely N-dealkylation sites (tertiary alicyclic amines) is 1. The number of allylic oxidation sites excluding steroid dienone is 1. The van der Waals surface area contributed by atoms with E-state index in [0.717, 1.165) is 90.1 Å². The average molecular weight is 881 g/mol. The summed E-state index contributed by atoms with van der Waals surface area (Å²) in [6, 6.07) is 0. The summed E-state index contributed by atoms with van der Waals surface area (Å²) in [5.74, 6) is 1.92. The van der Waals surface area contributed by atoms with E-state index in [0.29, 0.717) is 60.8 Å². The van der Waals surface area contributed by atoms with Crippen molar-refractivity contribution in [2.24, 2.45) is 79.3 Å². The SMILES string of the molecule is C=C(C)[C@@H]1CC[C@@]2(C(=O)C[C@@H]3C[C@H](C(=O)N4CCCCC4)C3(C)C)CC[C@]3(C)C(CCC4[C@@]5(C)CC[C@H](OC(=O)CC(C)(C)C(=O)O)C(C)(C)C5CC[C@]43C)C12.OCCNCCO. The van der Waals surface area contributed by atoms with Gasteiger partial charge in [-0.3, -0.25) is 19.2 Å². The molecule has 1 amide bonds. The number of nitrogens with zero attached hydrogens (tertiary/aromatic N) is 1. The van der Waals surface area contributed by atoms with E-state index in [1.165, 1.54) is 18.4 Å². The fourth-order valence-electron chi connectivity index (χ4n) is 16.3. The number of fused-ring (bicyclic) bond motifs is 7. The maximum absolute atomic E-state index is 15.1. The lowest BCUT2D eigenvalue weighted by atomic mass is 9.32. The Labute approximate surface area is 380 Å². The maximum atomic E-state index is 15.1. The maximum Gasteiger partial charge on any atom is 0.309 e. The number of carbonyl (C=O) groups excluding carboxylic acids is 3. The van der Waals surface area contributed by atoms with Crippen LogP contribution >= 0.6 is 0 Å². The number of hydrogen-bond acceptors (Lipinski definition) is 8. The van der Waals surface area contributed by atoms with Gasteiger partial charge in [0.15, 0.2) is 0 Å². The van der Waals surface area contributed by atoms with E-state index < -0.39 is 17.4 Å². The van der Waals surface area contributed by atoms with E-state index >= 15 is 4.79 Å². The third-order valence-electron chi connectivity index (χ3n) is 20.4. The smallest absolute Gasteiger partial charge is 0.309 e. The highest BCUT2D eigenvalue weighted by molar-refractivity contribution is 5.87. The summed E-state index contributed by atoms with van der Waals surface area (Å²) >= 11 is 0. The fraction of sp³-hybridized carbons (Fsp3) is 0.887. The normalized spacial score (nSPS) is 40.0. The quantitative estimate of drug-likeness (QED) is 0.0806. The Morgan fingerprint density at radius 2 is 1.43 bits per heavy atom. The molecule has 1 heterocycles. The monoisotopic (exact) mass is 881 g/mol. The average Bonchev–Trinajstić information content (AvgIpc) is 3.62. The number of ether oxygens (including phenoxy) is 1. The number of carboxylic acids is 1. The number of hydrogen-bond donors (Lipinski definition) is 4. The van der Waals surface area contributed by atoms with Crippen LogP contribution in [0.15, 0.2) is 12.2 Å². The third-order valence-corrected chi connectivity index (χ3v) is 20.4. The van der Waals surface area contributed by atoms with E-state index in [4.69, 9.17) is 14.9 Å². The van der Waals surface area contributed by atoms with E-state index in [2.05, 4.69) is 72.2 Å². The number of esters is 1. The van der Waals surface area contributed by atoms with Gasteiger partial charge in [0.25, 0.3) is 0 Å². The molecular weight excluding hydrogens is 793 g/mol. The van der Waals surface area contributed by atoms with E-state index in [1.54, 1.807) is 13.8 Å². The number of aliphatic carboxylic acids is 1. The van der Waals surface area contributed by atoms with Crippen molar-refractivity contribution >= 4 is 23.6 Å². The Balaban J connectivity index is 0.000000871. The lowest BCUT2D eigenvalue weighted by Crippen LogP contribution is -2.67. The standard InChI is InChI=1S/C49H77NO6.C4H11NO2/c1-30(2)32-17-22-49(37(51)28-31-27-34(44(31,5)6)41(53)50-25-13-12-14-26-50)24-23-47(10)33(40(32)49)15-16-36-46(9)20-19-38(56-39(52)29-43(3,4)42(54)55)45(7,8)35(46)18-21-48(36,47)11;6-3-1-5-2-4-7/h31-36,38,40H,1,12-29H2,2-11H3,(H,54,55);5-7H,1-4H2/t31-,32-,33?,34+,35?,36?,38-,40?,46-,47+,48+,49-;/m0./s1. The molecule has 6 saturated carbocycles. The van der Waals surface area contributed by atoms with Crippen LogP contribution < -0.4 is 5.32 Å². The molecule has 10 nitrogen and oxygen atoms in total. The van der Waals surface area contributed by atoms with Gasteiger partial charge in [0.2, 0.25) is 5.91 Å². The Hall–Kier alpha value is -2.30. The summed E-state index contributed by atoms with van der Waals surface area (Å²) in [5, 5.41) is 28.7. The second-order valence-electron chi connectivity index (χ2n) is 24.6. The van der Waals surface area contributed by atoms with Crippen molar-refractivity contribution in [2.45, 2.75) is 178 Å². The largest absolute Gasteiger partial charge is 0.481 e. The van der Waals surface area contributed by atoms with Gasteiger partial charge in [-0.25, -0.2) is 0 Å². The molecule has 7 rings (SSSR count). The number of piperidine rings is 1. The highest BCUT2D eigenvalue weighted by Gasteiger charge is 2.72. The highest BCUT2D eigenvalue weighted by atomic mass is 16.5. The molecule has 1 aliphatic heterocycles. The topological polar surface area (TPSA) is 153 Å². The van der Waals surface area contributed by atoms with Gasteiger partial charge in [-0.2, -0.15) is 0 Å². The molecule has 7 fully saturated rings. The first kappa shape index (κ1) is 50.1. The lowest BCUT2D eigenvalue weighted by molar-refractivity contribution is -0.249. The number of amides is 1. The van der Waals surface area contributed by atoms with Crippen LogP contribution in [-0.4, -0.2) is 89.3 Å². The van der Waals surface area contributed by atoms with Gasteiger partial charge in [0, 0.05) is 49.3 Å². The summed E-state index contributed by atoms with van der Waals surface area (Å²) < 4.78 is 6.20. The van der Waals surface area contributed by atoms with Crippen molar-refractivity contribution in [3.63, 3.8) is 0 Å². The number of aliphatic hydroxyl groups excluding tert-OH is 2. The molecule has 0 aromatic carbocycles. The molecule has 4 unspecified atom stereocenters. The van der Waals surface area contributed by atoms with Crippen molar-refractivity contribution in [3.8, 4) is 0 Å². The Kier molecular flexibility index (Phi) is 14.6. The molecule has 0 aromatic heterocycles. The molecule has 0 spiro atoms. The minimum atomic E-state index is -1.15. The van der Waals surface area contributed by atoms with E-state index in [-0.39, 0.29) is 70.1 Å². The van der Waals surface area contributed by atoms with Crippen molar-refractivity contribution < 1.29 is 39.2 Å². The molecule has 10 heteroatoms. The molecule has 12 atom stereocenters. The van der Waals surface area contributed by atoms with Gasteiger partial charge >= 0.3 is 11.9 Å². The zero-order chi connectivity index (χ0) is 46.6. The third kappa shape index (κ3) is 8.64. The summed E-state index contributed by atoms with van der Waals surface area (Å²) in [7, 11) is 0. The second-order valence-corrected chi connectivity index (χ2v) is 24.6. The zero-order valence-corrected chi connectivity index (χ0v) is 41.2. The zero-order valence-electron chi connectivity index (χ0n) is 41.2. The van der Waals surface area contributed by atoms with Crippen LogP contribution in [-0.2, 0) is 23.9 Å². The number of aliphatic hydroxyl groups is 2. The predicted octanol–water partition coefficient (Wildman–Crippen LogP) is 9.25.